The van der Waals surface area contributed by atoms with Crippen molar-refractivity contribution >= 4 is 34.0 Å². The van der Waals surface area contributed by atoms with E-state index < -0.39 is 10.0 Å². The van der Waals surface area contributed by atoms with E-state index in [4.69, 9.17) is 11.6 Å². The Morgan fingerprint density at radius 3 is 2.53 bits per heavy atom. The molecule has 4 rings (SSSR count). The van der Waals surface area contributed by atoms with Crippen LogP contribution in [0.5, 0.6) is 0 Å². The molecule has 0 aromatic heterocycles. The molecule has 1 saturated carbocycles. The zero-order chi connectivity index (χ0) is 20.5. The van der Waals surface area contributed by atoms with Crippen LogP contribution in [-0.2, 0) is 28.4 Å². The van der Waals surface area contributed by atoms with Gasteiger partial charge >= 0.3 is 0 Å². The molecule has 0 amide bonds. The Balaban J connectivity index is 0.00000256. The van der Waals surface area contributed by atoms with Gasteiger partial charge in [-0.15, -0.1) is 12.4 Å². The van der Waals surface area contributed by atoms with E-state index in [9.17, 15) is 8.42 Å². The number of nitrogens with one attached hydrogen (secondary N) is 2. The molecule has 7 heteroatoms. The van der Waals surface area contributed by atoms with Crippen LogP contribution in [0.4, 0.5) is 0 Å². The molecule has 1 aliphatic carbocycles. The maximum atomic E-state index is 12.0. The summed E-state index contributed by atoms with van der Waals surface area (Å²) >= 11 is 6.13. The quantitative estimate of drug-likeness (QED) is 0.607. The van der Waals surface area contributed by atoms with Gasteiger partial charge in [-0.2, -0.15) is 0 Å². The Bertz CT molecular complexity index is 973. The molecule has 30 heavy (non-hydrogen) atoms. The topological polar surface area (TPSA) is 58.2 Å². The molecule has 164 valence electrons. The second-order valence-electron chi connectivity index (χ2n) is 8.33. The summed E-state index contributed by atoms with van der Waals surface area (Å²) in [6.07, 6.45) is 5.16. The SMILES string of the molecule is CCCS(=O)(=O)NCc1ccc2c(c1)C(C1(c3ccc(Cl)cc3)CCC1)NCC2.Cl. The van der Waals surface area contributed by atoms with Crippen LogP contribution < -0.4 is 10.0 Å². The van der Waals surface area contributed by atoms with Gasteiger partial charge in [0.05, 0.1) is 5.75 Å². The Labute approximate surface area is 191 Å². The van der Waals surface area contributed by atoms with Gasteiger partial charge in [0.1, 0.15) is 0 Å². The molecule has 0 saturated heterocycles. The molecule has 2 N–H and O–H groups in total. The van der Waals surface area contributed by atoms with E-state index in [0.29, 0.717) is 13.0 Å². The number of fused-ring (bicyclic) bond motifs is 1. The lowest BCUT2D eigenvalue weighted by Crippen LogP contribution is -2.49. The van der Waals surface area contributed by atoms with Crippen molar-refractivity contribution in [2.45, 2.75) is 57.0 Å². The lowest BCUT2D eigenvalue weighted by Gasteiger charge is -2.50. The van der Waals surface area contributed by atoms with Crippen molar-refractivity contribution in [2.75, 3.05) is 12.3 Å². The predicted molar refractivity (Wildman–Crippen MR) is 126 cm³/mol. The molecule has 2 aromatic carbocycles. The maximum Gasteiger partial charge on any atom is 0.211 e. The molecule has 2 aliphatic rings. The fraction of sp³-hybridized carbons (Fsp3) is 0.478. The number of benzene rings is 2. The second kappa shape index (κ2) is 9.58. The zero-order valence-electron chi connectivity index (χ0n) is 17.3. The van der Waals surface area contributed by atoms with Crippen molar-refractivity contribution < 1.29 is 8.42 Å². The molecule has 1 unspecified atom stereocenters. The minimum absolute atomic E-state index is 0. The summed E-state index contributed by atoms with van der Waals surface area (Å²) in [4.78, 5) is 0. The van der Waals surface area contributed by atoms with Crippen LogP contribution in [0.3, 0.4) is 0 Å². The molecular formula is C23H30Cl2N2O2S. The predicted octanol–water partition coefficient (Wildman–Crippen LogP) is 4.90. The molecule has 1 aliphatic heterocycles. The highest BCUT2D eigenvalue weighted by atomic mass is 35.5. The normalized spacial score (nSPS) is 20.0. The molecule has 1 fully saturated rings. The van der Waals surface area contributed by atoms with E-state index in [1.807, 2.05) is 19.1 Å². The molecule has 0 radical (unpaired) electrons. The average molecular weight is 469 g/mol. The standard InChI is InChI=1S/C23H29ClN2O2S.ClH/c1-2-14-29(27,28)26-16-17-4-5-18-10-13-25-22(21(18)15-17)23(11-3-12-23)19-6-8-20(24)9-7-19;/h4-9,15,22,25-26H,2-3,10-14,16H2,1H3;1H. The van der Waals surface area contributed by atoms with Gasteiger partial charge < -0.3 is 5.32 Å². The highest BCUT2D eigenvalue weighted by molar-refractivity contribution is 7.89. The van der Waals surface area contributed by atoms with E-state index in [-0.39, 0.29) is 29.6 Å². The van der Waals surface area contributed by atoms with Crippen LogP contribution in [0, 0.1) is 0 Å². The number of sulfonamides is 1. The van der Waals surface area contributed by atoms with E-state index in [1.165, 1.54) is 23.1 Å². The van der Waals surface area contributed by atoms with Crippen molar-refractivity contribution in [1.82, 2.24) is 10.0 Å². The van der Waals surface area contributed by atoms with Gasteiger partial charge in [0.15, 0.2) is 0 Å². The summed E-state index contributed by atoms with van der Waals surface area (Å²) in [6.45, 7) is 3.19. The second-order valence-corrected chi connectivity index (χ2v) is 10.7. The highest BCUT2D eigenvalue weighted by Crippen LogP contribution is 2.53. The van der Waals surface area contributed by atoms with E-state index in [1.54, 1.807) is 0 Å². The Morgan fingerprint density at radius 2 is 1.90 bits per heavy atom. The first-order chi connectivity index (χ1) is 13.9. The summed E-state index contributed by atoms with van der Waals surface area (Å²) < 4.78 is 26.8. The summed E-state index contributed by atoms with van der Waals surface area (Å²) in [6, 6.07) is 15.0. The first-order valence-electron chi connectivity index (χ1n) is 10.5. The number of halogens is 2. The third-order valence-corrected chi connectivity index (χ3v) is 8.23. The van der Waals surface area contributed by atoms with Gasteiger partial charge in [0, 0.05) is 23.0 Å². The lowest BCUT2D eigenvalue weighted by molar-refractivity contribution is 0.164. The van der Waals surface area contributed by atoms with Gasteiger partial charge in [-0.3, -0.25) is 0 Å². The molecule has 1 atom stereocenters. The van der Waals surface area contributed by atoms with Gasteiger partial charge in [-0.05, 0) is 66.6 Å². The van der Waals surface area contributed by atoms with Gasteiger partial charge in [0.25, 0.3) is 0 Å². The Hall–Kier alpha value is -1.11. The van der Waals surface area contributed by atoms with E-state index >= 15 is 0 Å². The first-order valence-corrected chi connectivity index (χ1v) is 12.5. The smallest absolute Gasteiger partial charge is 0.211 e. The number of rotatable bonds is 7. The highest BCUT2D eigenvalue weighted by Gasteiger charge is 2.47. The lowest BCUT2D eigenvalue weighted by atomic mass is 9.58. The molecule has 0 spiro atoms. The Kier molecular flexibility index (Phi) is 7.52. The molecule has 4 nitrogen and oxygen atoms in total. The molecule has 0 bridgehead atoms. The van der Waals surface area contributed by atoms with Crippen LogP contribution in [0.15, 0.2) is 42.5 Å². The van der Waals surface area contributed by atoms with Crippen molar-refractivity contribution in [2.24, 2.45) is 0 Å². The molecular weight excluding hydrogens is 439 g/mol. The molecule has 2 aromatic rings. The van der Waals surface area contributed by atoms with Crippen molar-refractivity contribution in [3.8, 4) is 0 Å². The minimum Gasteiger partial charge on any atom is -0.309 e. The van der Waals surface area contributed by atoms with Gasteiger partial charge in [-0.25, -0.2) is 13.1 Å². The largest absolute Gasteiger partial charge is 0.309 e. The maximum absolute atomic E-state index is 12.0. The van der Waals surface area contributed by atoms with E-state index in [2.05, 4.69) is 40.4 Å². The van der Waals surface area contributed by atoms with Crippen LogP contribution in [0.2, 0.25) is 5.02 Å². The minimum atomic E-state index is -3.21. The number of hydrogen-bond donors (Lipinski definition) is 2. The van der Waals surface area contributed by atoms with Crippen LogP contribution in [0.25, 0.3) is 0 Å². The number of hydrogen-bond acceptors (Lipinski definition) is 3. The van der Waals surface area contributed by atoms with Crippen LogP contribution >= 0.6 is 24.0 Å². The third-order valence-electron chi connectivity index (χ3n) is 6.45. The van der Waals surface area contributed by atoms with Gasteiger partial charge in [0.2, 0.25) is 10.0 Å². The summed E-state index contributed by atoms with van der Waals surface area (Å²) in [5, 5.41) is 4.55. The summed E-state index contributed by atoms with van der Waals surface area (Å²) in [7, 11) is -3.21. The zero-order valence-corrected chi connectivity index (χ0v) is 19.7. The van der Waals surface area contributed by atoms with Crippen molar-refractivity contribution in [1.29, 1.82) is 0 Å². The van der Waals surface area contributed by atoms with Crippen LogP contribution in [-0.4, -0.2) is 20.7 Å². The van der Waals surface area contributed by atoms with Gasteiger partial charge in [-0.1, -0.05) is 55.3 Å². The van der Waals surface area contributed by atoms with Crippen molar-refractivity contribution in [3.63, 3.8) is 0 Å². The Morgan fingerprint density at radius 1 is 1.17 bits per heavy atom. The first kappa shape index (κ1) is 23.6. The molecule has 1 heterocycles. The van der Waals surface area contributed by atoms with Crippen molar-refractivity contribution in [3.05, 3.63) is 69.7 Å². The fourth-order valence-electron chi connectivity index (χ4n) is 4.82. The average Bonchev–Trinajstić information content (AvgIpc) is 2.67. The fourth-order valence-corrected chi connectivity index (χ4v) is 6.02. The summed E-state index contributed by atoms with van der Waals surface area (Å²) in [5.41, 5.74) is 5.13. The van der Waals surface area contributed by atoms with E-state index in [0.717, 1.165) is 36.4 Å². The van der Waals surface area contributed by atoms with Crippen LogP contribution in [0.1, 0.15) is 60.9 Å². The third kappa shape index (κ3) is 4.71. The monoisotopic (exact) mass is 468 g/mol. The summed E-state index contributed by atoms with van der Waals surface area (Å²) in [5.74, 6) is 0.168.